The van der Waals surface area contributed by atoms with Crippen LogP contribution in [0.25, 0.3) is 0 Å². The smallest absolute Gasteiger partial charge is 0.0997 e. The van der Waals surface area contributed by atoms with E-state index in [-0.39, 0.29) is 0 Å². The van der Waals surface area contributed by atoms with Gasteiger partial charge in [-0.15, -0.1) is 0 Å². The van der Waals surface area contributed by atoms with Crippen LogP contribution in [0.3, 0.4) is 0 Å². The maximum atomic E-state index is 10.3. The van der Waals surface area contributed by atoms with Crippen LogP contribution in [0.2, 0.25) is 0 Å². The van der Waals surface area contributed by atoms with Crippen molar-refractivity contribution in [2.45, 2.75) is 39.3 Å². The van der Waals surface area contributed by atoms with Crippen LogP contribution in [0, 0.1) is 0 Å². The number of rotatable bonds is 5. The van der Waals surface area contributed by atoms with Crippen molar-refractivity contribution in [2.24, 2.45) is 0 Å². The lowest BCUT2D eigenvalue weighted by Gasteiger charge is -2.11. The molecule has 4 nitrogen and oxygen atoms in total. The zero-order valence-electron chi connectivity index (χ0n) is 10.9. The molecule has 0 saturated carbocycles. The Hall–Kier alpha value is -1.68. The normalized spacial score (nSPS) is 12.6. The Bertz CT molecular complexity index is 493. The van der Waals surface area contributed by atoms with Gasteiger partial charge in [0.05, 0.1) is 17.5 Å². The molecule has 2 heterocycles. The lowest BCUT2D eigenvalue weighted by atomic mass is 10.1. The van der Waals surface area contributed by atoms with Gasteiger partial charge in [-0.1, -0.05) is 13.0 Å². The molecule has 1 unspecified atom stereocenters. The largest absolute Gasteiger partial charge is 0.386 e. The highest BCUT2D eigenvalue weighted by molar-refractivity contribution is 5.17. The summed E-state index contributed by atoms with van der Waals surface area (Å²) in [6.45, 7) is 4.88. The van der Waals surface area contributed by atoms with E-state index < -0.39 is 6.10 Å². The van der Waals surface area contributed by atoms with Crippen LogP contribution in [0.15, 0.2) is 30.6 Å². The summed E-state index contributed by atoms with van der Waals surface area (Å²) < 4.78 is 1.87. The predicted molar refractivity (Wildman–Crippen MR) is 70.2 cm³/mol. The molecule has 96 valence electrons. The summed E-state index contributed by atoms with van der Waals surface area (Å²) in [4.78, 5) is 4.06. The van der Waals surface area contributed by atoms with Crippen LogP contribution < -0.4 is 0 Å². The van der Waals surface area contributed by atoms with Crippen LogP contribution in [0.4, 0.5) is 0 Å². The quantitative estimate of drug-likeness (QED) is 0.878. The van der Waals surface area contributed by atoms with Crippen LogP contribution in [-0.2, 0) is 19.4 Å². The first-order valence-electron chi connectivity index (χ1n) is 6.38. The molecule has 0 radical (unpaired) electrons. The fourth-order valence-electron chi connectivity index (χ4n) is 2.03. The molecule has 2 aromatic rings. The van der Waals surface area contributed by atoms with E-state index in [1.54, 1.807) is 12.4 Å². The van der Waals surface area contributed by atoms with E-state index in [1.165, 1.54) is 0 Å². The fourth-order valence-corrected chi connectivity index (χ4v) is 2.03. The minimum Gasteiger partial charge on any atom is -0.386 e. The summed E-state index contributed by atoms with van der Waals surface area (Å²) >= 11 is 0. The molecule has 0 fully saturated rings. The first-order valence-corrected chi connectivity index (χ1v) is 6.38. The van der Waals surface area contributed by atoms with Gasteiger partial charge < -0.3 is 5.11 Å². The summed E-state index contributed by atoms with van der Waals surface area (Å²) in [6, 6.07) is 5.85. The molecule has 4 heteroatoms. The highest BCUT2D eigenvalue weighted by Gasteiger charge is 2.15. The molecule has 1 atom stereocenters. The van der Waals surface area contributed by atoms with Crippen molar-refractivity contribution in [1.82, 2.24) is 14.8 Å². The van der Waals surface area contributed by atoms with E-state index >= 15 is 0 Å². The molecule has 0 aliphatic heterocycles. The van der Waals surface area contributed by atoms with Crippen LogP contribution in [0.1, 0.15) is 36.9 Å². The van der Waals surface area contributed by atoms with Crippen molar-refractivity contribution in [2.75, 3.05) is 0 Å². The standard InChI is InChI=1S/C14H19N3O/c1-3-12-9-13(17(4-2)16-12)14(18)8-11-6-5-7-15-10-11/h5-7,9-10,14,18H,3-4,8H2,1-2H3. The second-order valence-corrected chi connectivity index (χ2v) is 4.31. The molecule has 0 amide bonds. The zero-order chi connectivity index (χ0) is 13.0. The van der Waals surface area contributed by atoms with E-state index in [2.05, 4.69) is 17.0 Å². The van der Waals surface area contributed by atoms with Gasteiger partial charge >= 0.3 is 0 Å². The van der Waals surface area contributed by atoms with Crippen LogP contribution in [-0.4, -0.2) is 19.9 Å². The number of aliphatic hydroxyl groups excluding tert-OH is 1. The summed E-state index contributed by atoms with van der Waals surface area (Å²) in [5, 5.41) is 14.8. The Balaban J connectivity index is 2.17. The van der Waals surface area contributed by atoms with Gasteiger partial charge in [0, 0.05) is 25.4 Å². The lowest BCUT2D eigenvalue weighted by molar-refractivity contribution is 0.167. The van der Waals surface area contributed by atoms with E-state index in [4.69, 9.17) is 0 Å². The molecule has 18 heavy (non-hydrogen) atoms. The summed E-state index contributed by atoms with van der Waals surface area (Å²) in [6.07, 6.45) is 4.46. The molecule has 0 spiro atoms. The Morgan fingerprint density at radius 2 is 2.22 bits per heavy atom. The van der Waals surface area contributed by atoms with Crippen molar-refractivity contribution < 1.29 is 5.11 Å². The van der Waals surface area contributed by atoms with Crippen molar-refractivity contribution >= 4 is 0 Å². The number of hydrogen-bond acceptors (Lipinski definition) is 3. The van der Waals surface area contributed by atoms with Gasteiger partial charge in [-0.05, 0) is 31.0 Å². The molecule has 0 aliphatic rings. The average Bonchev–Trinajstić information content (AvgIpc) is 2.83. The van der Waals surface area contributed by atoms with Crippen molar-refractivity contribution in [3.8, 4) is 0 Å². The van der Waals surface area contributed by atoms with Crippen molar-refractivity contribution in [3.05, 3.63) is 47.5 Å². The first-order chi connectivity index (χ1) is 8.74. The number of aryl methyl sites for hydroxylation is 2. The van der Waals surface area contributed by atoms with Crippen LogP contribution in [0.5, 0.6) is 0 Å². The molecule has 0 aliphatic carbocycles. The maximum Gasteiger partial charge on any atom is 0.0997 e. The number of aromatic nitrogens is 3. The minimum absolute atomic E-state index is 0.526. The predicted octanol–water partition coefficient (Wildman–Crippen LogP) is 2.14. The number of aliphatic hydroxyl groups is 1. The van der Waals surface area contributed by atoms with Gasteiger partial charge in [0.1, 0.15) is 0 Å². The van der Waals surface area contributed by atoms with Gasteiger partial charge in [0.25, 0.3) is 0 Å². The van der Waals surface area contributed by atoms with Crippen LogP contribution >= 0.6 is 0 Å². The molecule has 0 bridgehead atoms. The summed E-state index contributed by atoms with van der Waals surface area (Å²) in [5.74, 6) is 0. The average molecular weight is 245 g/mol. The molecule has 0 saturated heterocycles. The van der Waals surface area contributed by atoms with E-state index in [0.717, 1.165) is 29.9 Å². The van der Waals surface area contributed by atoms with Crippen molar-refractivity contribution in [3.63, 3.8) is 0 Å². The Morgan fingerprint density at radius 1 is 1.39 bits per heavy atom. The topological polar surface area (TPSA) is 50.9 Å². The third-order valence-corrected chi connectivity index (χ3v) is 3.02. The monoisotopic (exact) mass is 245 g/mol. The van der Waals surface area contributed by atoms with Gasteiger partial charge in [0.15, 0.2) is 0 Å². The fraction of sp³-hybridized carbons (Fsp3) is 0.429. The SMILES string of the molecule is CCc1cc(C(O)Cc2cccnc2)n(CC)n1. The van der Waals surface area contributed by atoms with Gasteiger partial charge in [-0.25, -0.2) is 0 Å². The lowest BCUT2D eigenvalue weighted by Crippen LogP contribution is -2.10. The van der Waals surface area contributed by atoms with E-state index in [9.17, 15) is 5.11 Å². The molecule has 2 aromatic heterocycles. The van der Waals surface area contributed by atoms with E-state index in [1.807, 2.05) is 29.8 Å². The number of hydrogen-bond donors (Lipinski definition) is 1. The van der Waals surface area contributed by atoms with Gasteiger partial charge in [0.2, 0.25) is 0 Å². The third-order valence-electron chi connectivity index (χ3n) is 3.02. The van der Waals surface area contributed by atoms with Gasteiger partial charge in [-0.2, -0.15) is 5.10 Å². The second-order valence-electron chi connectivity index (χ2n) is 4.31. The third kappa shape index (κ3) is 2.76. The maximum absolute atomic E-state index is 10.3. The van der Waals surface area contributed by atoms with Gasteiger partial charge in [-0.3, -0.25) is 9.67 Å². The second kappa shape index (κ2) is 5.78. The first kappa shape index (κ1) is 12.8. The Kier molecular flexibility index (Phi) is 4.10. The molecular weight excluding hydrogens is 226 g/mol. The highest BCUT2D eigenvalue weighted by Crippen LogP contribution is 2.19. The summed E-state index contributed by atoms with van der Waals surface area (Å²) in [5.41, 5.74) is 2.95. The summed E-state index contributed by atoms with van der Waals surface area (Å²) in [7, 11) is 0. The molecule has 2 rings (SSSR count). The van der Waals surface area contributed by atoms with E-state index in [0.29, 0.717) is 6.42 Å². The number of nitrogens with zero attached hydrogens (tertiary/aromatic N) is 3. The molecule has 0 aromatic carbocycles. The number of pyridine rings is 1. The van der Waals surface area contributed by atoms with Crippen molar-refractivity contribution in [1.29, 1.82) is 0 Å². The minimum atomic E-state index is -0.526. The molecule has 1 N–H and O–H groups in total. The zero-order valence-corrected chi connectivity index (χ0v) is 10.9. The molecular formula is C14H19N3O. The Morgan fingerprint density at radius 3 is 2.83 bits per heavy atom. The highest BCUT2D eigenvalue weighted by atomic mass is 16.3. The Labute approximate surface area is 107 Å².